The molecule has 0 fully saturated rings. The summed E-state index contributed by atoms with van der Waals surface area (Å²) in [5, 5.41) is 2.52. The van der Waals surface area contributed by atoms with Gasteiger partial charge in [0.1, 0.15) is 0 Å². The fourth-order valence-corrected chi connectivity index (χ4v) is 2.20. The van der Waals surface area contributed by atoms with Crippen molar-refractivity contribution in [2.75, 3.05) is 0 Å². The minimum Gasteiger partial charge on any atom is -0.257 e. The summed E-state index contributed by atoms with van der Waals surface area (Å²) < 4.78 is 0. The number of nitrogens with zero attached hydrogens (tertiary/aromatic N) is 1. The van der Waals surface area contributed by atoms with E-state index in [2.05, 4.69) is 60.1 Å². The molecule has 3 aromatic rings. The van der Waals surface area contributed by atoms with Gasteiger partial charge in [-0.25, -0.2) is 0 Å². The van der Waals surface area contributed by atoms with E-state index in [0.717, 1.165) is 5.69 Å². The molecule has 0 aliphatic rings. The van der Waals surface area contributed by atoms with E-state index in [0.29, 0.717) is 0 Å². The Bertz CT molecular complexity index is 708. The van der Waals surface area contributed by atoms with Gasteiger partial charge >= 0.3 is 0 Å². The Balaban J connectivity index is 2.27. The van der Waals surface area contributed by atoms with Gasteiger partial charge in [-0.1, -0.05) is 49.0 Å². The quantitative estimate of drug-likeness (QED) is 0.630. The van der Waals surface area contributed by atoms with Crippen molar-refractivity contribution in [2.24, 2.45) is 0 Å². The lowest BCUT2D eigenvalue weighted by Crippen LogP contribution is -1.84. The molecule has 0 N–H and O–H groups in total. The van der Waals surface area contributed by atoms with Crippen molar-refractivity contribution in [3.63, 3.8) is 0 Å². The largest absolute Gasteiger partial charge is 0.257 e. The standard InChI is InChI=1S/C17H13N/c1-2-15-12-14(10-11-18-15)17-9-5-7-13-6-3-4-8-16(13)17/h2-12H,1H2. The Hall–Kier alpha value is -2.41. The van der Waals surface area contributed by atoms with Crippen molar-refractivity contribution < 1.29 is 0 Å². The number of aromatic nitrogens is 1. The first-order valence-electron chi connectivity index (χ1n) is 5.95. The molecule has 2 aromatic carbocycles. The van der Waals surface area contributed by atoms with Crippen LogP contribution in [0.4, 0.5) is 0 Å². The molecule has 0 spiro atoms. The second kappa shape index (κ2) is 4.46. The SMILES string of the molecule is C=Cc1cc(-c2cccc3ccccc23)ccn1. The van der Waals surface area contributed by atoms with Gasteiger partial charge in [0.05, 0.1) is 5.69 Å². The Morgan fingerprint density at radius 3 is 2.67 bits per heavy atom. The molecule has 0 saturated heterocycles. The Kier molecular flexibility index (Phi) is 2.66. The molecule has 1 heterocycles. The number of rotatable bonds is 2. The summed E-state index contributed by atoms with van der Waals surface area (Å²) in [5.74, 6) is 0. The van der Waals surface area contributed by atoms with E-state index < -0.39 is 0 Å². The lowest BCUT2D eigenvalue weighted by atomic mass is 9.98. The summed E-state index contributed by atoms with van der Waals surface area (Å²) in [6, 6.07) is 18.9. The molecule has 0 aliphatic heterocycles. The van der Waals surface area contributed by atoms with Crippen molar-refractivity contribution in [1.82, 2.24) is 4.98 Å². The third kappa shape index (κ3) is 1.80. The molecule has 0 unspecified atom stereocenters. The molecule has 0 radical (unpaired) electrons. The fraction of sp³-hybridized carbons (Fsp3) is 0. The summed E-state index contributed by atoms with van der Waals surface area (Å²) >= 11 is 0. The number of pyridine rings is 1. The first-order chi connectivity index (χ1) is 8.88. The Labute approximate surface area is 106 Å². The molecule has 0 bridgehead atoms. The van der Waals surface area contributed by atoms with Crippen LogP contribution in [-0.4, -0.2) is 4.98 Å². The maximum Gasteiger partial charge on any atom is 0.0629 e. The summed E-state index contributed by atoms with van der Waals surface area (Å²) in [4.78, 5) is 4.25. The van der Waals surface area contributed by atoms with E-state index in [1.54, 1.807) is 6.08 Å². The highest BCUT2D eigenvalue weighted by atomic mass is 14.6. The number of hydrogen-bond acceptors (Lipinski definition) is 1. The molecule has 0 atom stereocenters. The molecule has 1 aromatic heterocycles. The van der Waals surface area contributed by atoms with Gasteiger partial charge in [-0.3, -0.25) is 4.98 Å². The van der Waals surface area contributed by atoms with Crippen LogP contribution in [0.2, 0.25) is 0 Å². The monoisotopic (exact) mass is 231 g/mol. The van der Waals surface area contributed by atoms with Crippen LogP contribution in [0.3, 0.4) is 0 Å². The molecule has 0 amide bonds. The smallest absolute Gasteiger partial charge is 0.0629 e. The van der Waals surface area contributed by atoms with Crippen molar-refractivity contribution in [3.05, 3.63) is 73.1 Å². The third-order valence-corrected chi connectivity index (χ3v) is 3.09. The minimum atomic E-state index is 0.903. The van der Waals surface area contributed by atoms with Crippen LogP contribution >= 0.6 is 0 Å². The van der Waals surface area contributed by atoms with Gasteiger partial charge in [0, 0.05) is 6.20 Å². The van der Waals surface area contributed by atoms with Gasteiger partial charge in [0.15, 0.2) is 0 Å². The van der Waals surface area contributed by atoms with Crippen molar-refractivity contribution >= 4 is 16.8 Å². The van der Waals surface area contributed by atoms with Gasteiger partial charge < -0.3 is 0 Å². The topological polar surface area (TPSA) is 12.9 Å². The van der Waals surface area contributed by atoms with Gasteiger partial charge in [-0.05, 0) is 40.1 Å². The van der Waals surface area contributed by atoms with E-state index in [1.807, 2.05) is 12.3 Å². The lowest BCUT2D eigenvalue weighted by molar-refractivity contribution is 1.30. The van der Waals surface area contributed by atoms with Crippen molar-refractivity contribution in [1.29, 1.82) is 0 Å². The molecule has 0 aliphatic carbocycles. The number of fused-ring (bicyclic) bond motifs is 1. The normalized spacial score (nSPS) is 10.4. The van der Waals surface area contributed by atoms with E-state index in [4.69, 9.17) is 0 Å². The summed E-state index contributed by atoms with van der Waals surface area (Å²) in [7, 11) is 0. The van der Waals surface area contributed by atoms with Crippen LogP contribution in [0.5, 0.6) is 0 Å². The second-order valence-corrected chi connectivity index (χ2v) is 4.20. The van der Waals surface area contributed by atoms with Crippen LogP contribution in [0.15, 0.2) is 67.4 Å². The number of benzene rings is 2. The van der Waals surface area contributed by atoms with Gasteiger partial charge in [-0.2, -0.15) is 0 Å². The van der Waals surface area contributed by atoms with E-state index in [1.165, 1.54) is 21.9 Å². The average Bonchev–Trinajstić information content (AvgIpc) is 2.47. The predicted octanol–water partition coefficient (Wildman–Crippen LogP) is 4.54. The zero-order valence-corrected chi connectivity index (χ0v) is 10.0. The molecule has 18 heavy (non-hydrogen) atoms. The first-order valence-corrected chi connectivity index (χ1v) is 5.95. The zero-order valence-electron chi connectivity index (χ0n) is 10.0. The molecule has 86 valence electrons. The highest BCUT2D eigenvalue weighted by molar-refractivity contribution is 5.96. The van der Waals surface area contributed by atoms with Gasteiger partial charge in [-0.15, -0.1) is 0 Å². The van der Waals surface area contributed by atoms with Crippen LogP contribution < -0.4 is 0 Å². The summed E-state index contributed by atoms with van der Waals surface area (Å²) in [5.41, 5.74) is 3.32. The maximum atomic E-state index is 4.25. The van der Waals surface area contributed by atoms with E-state index in [9.17, 15) is 0 Å². The summed E-state index contributed by atoms with van der Waals surface area (Å²) in [6.07, 6.45) is 3.60. The second-order valence-electron chi connectivity index (χ2n) is 4.20. The molecular formula is C17H13N. The third-order valence-electron chi connectivity index (χ3n) is 3.09. The summed E-state index contributed by atoms with van der Waals surface area (Å²) in [6.45, 7) is 3.77. The van der Waals surface area contributed by atoms with Crippen LogP contribution in [0.1, 0.15) is 5.69 Å². The maximum absolute atomic E-state index is 4.25. The first kappa shape index (κ1) is 10.7. The predicted molar refractivity (Wildman–Crippen MR) is 77.3 cm³/mol. The molecule has 1 heteroatoms. The van der Waals surface area contributed by atoms with Gasteiger partial charge in [0.25, 0.3) is 0 Å². The van der Waals surface area contributed by atoms with E-state index in [-0.39, 0.29) is 0 Å². The highest BCUT2D eigenvalue weighted by Crippen LogP contribution is 2.28. The van der Waals surface area contributed by atoms with Crippen LogP contribution in [0.25, 0.3) is 28.0 Å². The lowest BCUT2D eigenvalue weighted by Gasteiger charge is -2.07. The van der Waals surface area contributed by atoms with Crippen LogP contribution in [0, 0.1) is 0 Å². The minimum absolute atomic E-state index is 0.903. The molecule has 1 nitrogen and oxygen atoms in total. The highest BCUT2D eigenvalue weighted by Gasteiger charge is 2.03. The van der Waals surface area contributed by atoms with Crippen molar-refractivity contribution in [3.8, 4) is 11.1 Å². The Morgan fingerprint density at radius 2 is 1.78 bits per heavy atom. The molecular weight excluding hydrogens is 218 g/mol. The Morgan fingerprint density at radius 1 is 0.944 bits per heavy atom. The average molecular weight is 231 g/mol. The molecule has 0 saturated carbocycles. The fourth-order valence-electron chi connectivity index (χ4n) is 2.20. The van der Waals surface area contributed by atoms with E-state index >= 15 is 0 Å². The van der Waals surface area contributed by atoms with Crippen molar-refractivity contribution in [2.45, 2.75) is 0 Å². The van der Waals surface area contributed by atoms with Crippen LogP contribution in [-0.2, 0) is 0 Å². The zero-order chi connectivity index (χ0) is 12.4. The van der Waals surface area contributed by atoms with Gasteiger partial charge in [0.2, 0.25) is 0 Å². The molecule has 3 rings (SSSR count). The number of hydrogen-bond donors (Lipinski definition) is 0.